The van der Waals surface area contributed by atoms with E-state index in [0.29, 0.717) is 12.1 Å². The SMILES string of the molecule is COCC(NC1CCCc2occc21)C1CC1. The largest absolute Gasteiger partial charge is 0.469 e. The third-order valence-electron chi connectivity index (χ3n) is 4.00. The lowest BCUT2D eigenvalue weighted by molar-refractivity contribution is 0.149. The monoisotopic (exact) mass is 235 g/mol. The minimum absolute atomic E-state index is 0.471. The first-order valence-corrected chi connectivity index (χ1v) is 6.69. The molecule has 2 unspecified atom stereocenters. The molecule has 2 aliphatic carbocycles. The quantitative estimate of drug-likeness (QED) is 0.852. The van der Waals surface area contributed by atoms with E-state index in [1.54, 1.807) is 7.11 Å². The van der Waals surface area contributed by atoms with Gasteiger partial charge in [-0.25, -0.2) is 0 Å². The van der Waals surface area contributed by atoms with Gasteiger partial charge in [0, 0.05) is 31.2 Å². The van der Waals surface area contributed by atoms with Crippen molar-refractivity contribution in [3.63, 3.8) is 0 Å². The van der Waals surface area contributed by atoms with E-state index >= 15 is 0 Å². The van der Waals surface area contributed by atoms with Crippen molar-refractivity contribution in [2.24, 2.45) is 5.92 Å². The first-order valence-electron chi connectivity index (χ1n) is 6.69. The predicted molar refractivity (Wildman–Crippen MR) is 65.9 cm³/mol. The van der Waals surface area contributed by atoms with Crippen molar-refractivity contribution in [2.75, 3.05) is 13.7 Å². The van der Waals surface area contributed by atoms with Gasteiger partial charge in [-0.2, -0.15) is 0 Å². The molecule has 0 radical (unpaired) electrons. The van der Waals surface area contributed by atoms with E-state index in [9.17, 15) is 0 Å². The second-order valence-electron chi connectivity index (χ2n) is 5.31. The van der Waals surface area contributed by atoms with Crippen LogP contribution in [0.2, 0.25) is 0 Å². The summed E-state index contributed by atoms with van der Waals surface area (Å²) in [7, 11) is 1.79. The molecule has 94 valence electrons. The van der Waals surface area contributed by atoms with Crippen molar-refractivity contribution in [1.82, 2.24) is 5.32 Å². The third kappa shape index (κ3) is 2.40. The lowest BCUT2D eigenvalue weighted by Gasteiger charge is -2.28. The van der Waals surface area contributed by atoms with Gasteiger partial charge < -0.3 is 14.5 Å². The Bertz CT molecular complexity index is 370. The maximum Gasteiger partial charge on any atom is 0.108 e. The Kier molecular flexibility index (Phi) is 3.21. The molecule has 0 amide bonds. The van der Waals surface area contributed by atoms with E-state index in [1.807, 2.05) is 6.26 Å². The Labute approximate surface area is 103 Å². The molecule has 1 aromatic heterocycles. The van der Waals surface area contributed by atoms with Gasteiger partial charge in [0.25, 0.3) is 0 Å². The first-order chi connectivity index (χ1) is 8.38. The number of ether oxygens (including phenoxy) is 1. The smallest absolute Gasteiger partial charge is 0.108 e. The van der Waals surface area contributed by atoms with Gasteiger partial charge in [-0.3, -0.25) is 0 Å². The normalized spacial score (nSPS) is 25.6. The van der Waals surface area contributed by atoms with Crippen molar-refractivity contribution in [3.05, 3.63) is 23.7 Å². The van der Waals surface area contributed by atoms with Crippen LogP contribution in [0, 0.1) is 5.92 Å². The number of furan rings is 1. The molecule has 0 aliphatic heterocycles. The highest BCUT2D eigenvalue weighted by Crippen LogP contribution is 2.36. The van der Waals surface area contributed by atoms with E-state index in [2.05, 4.69) is 11.4 Å². The first kappa shape index (κ1) is 11.3. The summed E-state index contributed by atoms with van der Waals surface area (Å²) >= 11 is 0. The number of nitrogens with one attached hydrogen (secondary N) is 1. The Hall–Kier alpha value is -0.800. The molecule has 1 aromatic rings. The molecule has 2 aliphatic rings. The number of methoxy groups -OCH3 is 1. The van der Waals surface area contributed by atoms with Gasteiger partial charge in [0.2, 0.25) is 0 Å². The van der Waals surface area contributed by atoms with Crippen LogP contribution in [0.15, 0.2) is 16.7 Å². The molecule has 0 bridgehead atoms. The summed E-state index contributed by atoms with van der Waals surface area (Å²) in [5.74, 6) is 2.01. The highest BCUT2D eigenvalue weighted by atomic mass is 16.5. The molecule has 2 atom stereocenters. The van der Waals surface area contributed by atoms with Gasteiger partial charge in [-0.05, 0) is 37.7 Å². The van der Waals surface area contributed by atoms with Crippen LogP contribution in [-0.4, -0.2) is 19.8 Å². The van der Waals surface area contributed by atoms with Crippen LogP contribution < -0.4 is 5.32 Å². The van der Waals surface area contributed by atoms with Gasteiger partial charge in [0.05, 0.1) is 12.9 Å². The van der Waals surface area contributed by atoms with Gasteiger partial charge in [-0.1, -0.05) is 0 Å². The third-order valence-corrected chi connectivity index (χ3v) is 4.00. The van der Waals surface area contributed by atoms with E-state index < -0.39 is 0 Å². The van der Waals surface area contributed by atoms with E-state index in [4.69, 9.17) is 9.15 Å². The van der Waals surface area contributed by atoms with Crippen molar-refractivity contribution >= 4 is 0 Å². The summed E-state index contributed by atoms with van der Waals surface area (Å²) in [6.45, 7) is 0.828. The summed E-state index contributed by atoms with van der Waals surface area (Å²) in [6, 6.07) is 3.12. The fraction of sp³-hybridized carbons (Fsp3) is 0.714. The fourth-order valence-electron chi connectivity index (χ4n) is 2.92. The molecule has 0 aromatic carbocycles. The van der Waals surface area contributed by atoms with E-state index in [-0.39, 0.29) is 0 Å². The summed E-state index contributed by atoms with van der Waals surface area (Å²) in [5.41, 5.74) is 1.37. The molecular formula is C14H21NO2. The van der Waals surface area contributed by atoms with Crippen LogP contribution >= 0.6 is 0 Å². The van der Waals surface area contributed by atoms with Crippen LogP contribution in [0.4, 0.5) is 0 Å². The lowest BCUT2D eigenvalue weighted by Crippen LogP contribution is -2.39. The van der Waals surface area contributed by atoms with Gasteiger partial charge in [-0.15, -0.1) is 0 Å². The number of hydrogen-bond acceptors (Lipinski definition) is 3. The molecule has 1 heterocycles. The lowest BCUT2D eigenvalue weighted by atomic mass is 9.92. The highest BCUT2D eigenvalue weighted by molar-refractivity contribution is 5.24. The average molecular weight is 235 g/mol. The Morgan fingerprint density at radius 1 is 1.47 bits per heavy atom. The molecule has 1 N–H and O–H groups in total. The van der Waals surface area contributed by atoms with Crippen LogP contribution in [0.25, 0.3) is 0 Å². The summed E-state index contributed by atoms with van der Waals surface area (Å²) in [4.78, 5) is 0. The van der Waals surface area contributed by atoms with E-state index in [1.165, 1.54) is 37.0 Å². The molecule has 0 spiro atoms. The van der Waals surface area contributed by atoms with Crippen LogP contribution in [0.5, 0.6) is 0 Å². The Balaban J connectivity index is 1.68. The number of rotatable bonds is 5. The predicted octanol–water partition coefficient (Wildman–Crippen LogP) is 2.67. The Morgan fingerprint density at radius 3 is 3.12 bits per heavy atom. The summed E-state index contributed by atoms with van der Waals surface area (Å²) in [6.07, 6.45) is 8.08. The minimum atomic E-state index is 0.471. The molecular weight excluding hydrogens is 214 g/mol. The van der Waals surface area contributed by atoms with Crippen molar-refractivity contribution < 1.29 is 9.15 Å². The number of hydrogen-bond donors (Lipinski definition) is 1. The maximum atomic E-state index is 5.53. The Morgan fingerprint density at radius 2 is 2.35 bits per heavy atom. The second kappa shape index (κ2) is 4.83. The molecule has 3 rings (SSSR count). The summed E-state index contributed by atoms with van der Waals surface area (Å²) < 4.78 is 10.9. The zero-order valence-corrected chi connectivity index (χ0v) is 10.4. The van der Waals surface area contributed by atoms with Crippen LogP contribution in [-0.2, 0) is 11.2 Å². The minimum Gasteiger partial charge on any atom is -0.469 e. The van der Waals surface area contributed by atoms with E-state index in [0.717, 1.165) is 18.9 Å². The topological polar surface area (TPSA) is 34.4 Å². The average Bonchev–Trinajstić information content (AvgIpc) is 3.07. The van der Waals surface area contributed by atoms with Crippen molar-refractivity contribution in [1.29, 1.82) is 0 Å². The number of fused-ring (bicyclic) bond motifs is 1. The standard InChI is InChI=1S/C14H21NO2/c1-16-9-13(10-5-6-10)15-12-3-2-4-14-11(12)7-8-17-14/h7-8,10,12-13,15H,2-6,9H2,1H3. The van der Waals surface area contributed by atoms with Crippen LogP contribution in [0.1, 0.15) is 43.0 Å². The molecule has 1 fully saturated rings. The zero-order chi connectivity index (χ0) is 11.7. The molecule has 17 heavy (non-hydrogen) atoms. The van der Waals surface area contributed by atoms with Gasteiger partial charge in [0.15, 0.2) is 0 Å². The second-order valence-corrected chi connectivity index (χ2v) is 5.31. The zero-order valence-electron chi connectivity index (χ0n) is 10.4. The maximum absolute atomic E-state index is 5.53. The molecule has 1 saturated carbocycles. The highest BCUT2D eigenvalue weighted by Gasteiger charge is 2.34. The molecule has 0 saturated heterocycles. The molecule has 3 heteroatoms. The van der Waals surface area contributed by atoms with Crippen molar-refractivity contribution in [2.45, 2.75) is 44.2 Å². The number of aryl methyl sites for hydroxylation is 1. The van der Waals surface area contributed by atoms with Crippen LogP contribution in [0.3, 0.4) is 0 Å². The van der Waals surface area contributed by atoms with Gasteiger partial charge >= 0.3 is 0 Å². The fourth-order valence-corrected chi connectivity index (χ4v) is 2.92. The molecule has 3 nitrogen and oxygen atoms in total. The van der Waals surface area contributed by atoms with Gasteiger partial charge in [0.1, 0.15) is 5.76 Å². The van der Waals surface area contributed by atoms with Crippen molar-refractivity contribution in [3.8, 4) is 0 Å². The summed E-state index contributed by atoms with van der Waals surface area (Å²) in [5, 5.41) is 3.78.